The van der Waals surface area contributed by atoms with Crippen molar-refractivity contribution in [2.75, 3.05) is 0 Å². The molecule has 0 amide bonds. The Kier molecular flexibility index (Phi) is 3.54. The minimum atomic E-state index is -0.648. The number of pyridine rings is 1. The van der Waals surface area contributed by atoms with Crippen molar-refractivity contribution >= 4 is 11.6 Å². The predicted molar refractivity (Wildman–Crippen MR) is 59.9 cm³/mol. The zero-order chi connectivity index (χ0) is 12.3. The van der Waals surface area contributed by atoms with Gasteiger partial charge in [-0.3, -0.25) is 0 Å². The normalized spacial score (nSPS) is 10.3. The zero-order valence-electron chi connectivity index (χ0n) is 8.66. The molecule has 2 nitrogen and oxygen atoms in total. The summed E-state index contributed by atoms with van der Waals surface area (Å²) >= 11 is 5.75. The van der Waals surface area contributed by atoms with Crippen molar-refractivity contribution < 1.29 is 13.5 Å². The second-order valence-electron chi connectivity index (χ2n) is 3.28. The van der Waals surface area contributed by atoms with Gasteiger partial charge in [0.2, 0.25) is 0 Å². The molecule has 2 rings (SSSR count). The van der Waals surface area contributed by atoms with Crippen LogP contribution in [0.2, 0.25) is 5.15 Å². The van der Waals surface area contributed by atoms with Crippen LogP contribution in [0.1, 0.15) is 5.56 Å². The molecular weight excluding hydrogens is 248 g/mol. The second kappa shape index (κ2) is 5.10. The van der Waals surface area contributed by atoms with Gasteiger partial charge in [-0.1, -0.05) is 17.7 Å². The lowest BCUT2D eigenvalue weighted by Crippen LogP contribution is -2.02. The molecule has 5 heteroatoms. The highest BCUT2D eigenvalue weighted by atomic mass is 35.5. The summed E-state index contributed by atoms with van der Waals surface area (Å²) in [6.45, 7) is -0.232. The van der Waals surface area contributed by atoms with E-state index in [0.717, 1.165) is 0 Å². The molecule has 88 valence electrons. The number of nitrogens with zero attached hydrogens (tertiary/aromatic N) is 1. The minimum Gasteiger partial charge on any atom is -0.485 e. The molecule has 17 heavy (non-hydrogen) atoms. The highest BCUT2D eigenvalue weighted by molar-refractivity contribution is 6.30. The second-order valence-corrected chi connectivity index (χ2v) is 3.64. The van der Waals surface area contributed by atoms with Gasteiger partial charge in [0.25, 0.3) is 0 Å². The molecule has 0 N–H and O–H groups in total. The first-order chi connectivity index (χ1) is 8.18. The fourth-order valence-electron chi connectivity index (χ4n) is 1.30. The average molecular weight is 256 g/mol. The van der Waals surface area contributed by atoms with E-state index in [4.69, 9.17) is 16.3 Å². The van der Waals surface area contributed by atoms with Crippen LogP contribution in [0.25, 0.3) is 0 Å². The van der Waals surface area contributed by atoms with Crippen LogP contribution >= 0.6 is 11.6 Å². The monoisotopic (exact) mass is 255 g/mol. The molecule has 1 heterocycles. The van der Waals surface area contributed by atoms with Crippen LogP contribution in [0.4, 0.5) is 8.78 Å². The van der Waals surface area contributed by atoms with E-state index in [9.17, 15) is 8.78 Å². The van der Waals surface area contributed by atoms with Crippen LogP contribution < -0.4 is 4.74 Å². The van der Waals surface area contributed by atoms with Gasteiger partial charge in [-0.25, -0.2) is 13.8 Å². The summed E-state index contributed by atoms with van der Waals surface area (Å²) in [5, 5.41) is 0.157. The fraction of sp³-hybridized carbons (Fsp3) is 0.0833. The third-order valence-corrected chi connectivity index (χ3v) is 2.44. The van der Waals surface area contributed by atoms with Gasteiger partial charge < -0.3 is 4.74 Å². The van der Waals surface area contributed by atoms with Gasteiger partial charge in [-0.15, -0.1) is 0 Å². The molecule has 0 spiro atoms. The summed E-state index contributed by atoms with van der Waals surface area (Å²) in [6.07, 6.45) is 1.50. The molecule has 0 aliphatic carbocycles. The average Bonchev–Trinajstić information content (AvgIpc) is 2.30. The van der Waals surface area contributed by atoms with Crippen molar-refractivity contribution in [1.29, 1.82) is 0 Å². The number of benzene rings is 1. The van der Waals surface area contributed by atoms with Gasteiger partial charge >= 0.3 is 0 Å². The van der Waals surface area contributed by atoms with Crippen molar-refractivity contribution in [3.8, 4) is 5.75 Å². The molecule has 1 aromatic heterocycles. The largest absolute Gasteiger partial charge is 0.485 e. The number of hydrogen-bond donors (Lipinski definition) is 0. The molecule has 0 saturated carbocycles. The number of ether oxygens (including phenoxy) is 1. The molecule has 0 fully saturated rings. The number of aromatic nitrogens is 1. The summed E-state index contributed by atoms with van der Waals surface area (Å²) in [6, 6.07) is 6.84. The van der Waals surface area contributed by atoms with Crippen LogP contribution in [-0.4, -0.2) is 4.98 Å². The summed E-state index contributed by atoms with van der Waals surface area (Å²) in [5.74, 6) is -1.01. The fourth-order valence-corrected chi connectivity index (χ4v) is 1.47. The Morgan fingerprint density at radius 3 is 2.47 bits per heavy atom. The lowest BCUT2D eigenvalue weighted by atomic mass is 10.2. The molecule has 2 aromatic rings. The van der Waals surface area contributed by atoms with E-state index in [1.807, 2.05) is 0 Å². The maximum atomic E-state index is 13.3. The van der Waals surface area contributed by atoms with Gasteiger partial charge in [0.1, 0.15) is 18.2 Å². The molecular formula is C12H8ClF2NO. The maximum Gasteiger partial charge on any atom is 0.171 e. The van der Waals surface area contributed by atoms with Gasteiger partial charge in [0, 0.05) is 6.20 Å². The van der Waals surface area contributed by atoms with Gasteiger partial charge in [0.05, 0.1) is 5.56 Å². The lowest BCUT2D eigenvalue weighted by molar-refractivity contribution is 0.291. The minimum absolute atomic E-state index is 0.132. The Morgan fingerprint density at radius 1 is 1.12 bits per heavy atom. The van der Waals surface area contributed by atoms with E-state index >= 15 is 0 Å². The SMILES string of the molecule is Fc1cccc(F)c1COc1cccnc1Cl. The smallest absolute Gasteiger partial charge is 0.171 e. The standard InChI is InChI=1S/C12H8ClF2NO/c13-12-11(5-2-6-16-12)17-7-8-9(14)3-1-4-10(8)15/h1-6H,7H2. The molecule has 1 aromatic carbocycles. The molecule has 0 aliphatic rings. The van der Waals surface area contributed by atoms with E-state index in [-0.39, 0.29) is 23.1 Å². The Hall–Kier alpha value is -1.68. The van der Waals surface area contributed by atoms with Crippen LogP contribution in [-0.2, 0) is 6.61 Å². The molecule has 0 aliphatic heterocycles. The third kappa shape index (κ3) is 2.71. The Morgan fingerprint density at radius 2 is 1.82 bits per heavy atom. The van der Waals surface area contributed by atoms with Gasteiger partial charge in [-0.2, -0.15) is 0 Å². The summed E-state index contributed by atoms with van der Waals surface area (Å²) < 4.78 is 31.8. The topological polar surface area (TPSA) is 22.1 Å². The predicted octanol–water partition coefficient (Wildman–Crippen LogP) is 3.59. The zero-order valence-corrected chi connectivity index (χ0v) is 9.42. The lowest BCUT2D eigenvalue weighted by Gasteiger charge is -2.08. The first-order valence-corrected chi connectivity index (χ1v) is 5.22. The Bertz CT molecular complexity index is 513. The van der Waals surface area contributed by atoms with Crippen molar-refractivity contribution in [3.63, 3.8) is 0 Å². The maximum absolute atomic E-state index is 13.3. The number of halogens is 3. The summed E-state index contributed by atoms with van der Waals surface area (Å²) in [5.41, 5.74) is -0.132. The van der Waals surface area contributed by atoms with Crippen molar-refractivity contribution in [2.45, 2.75) is 6.61 Å². The van der Waals surface area contributed by atoms with E-state index in [2.05, 4.69) is 4.98 Å². The summed E-state index contributed by atoms with van der Waals surface area (Å²) in [7, 11) is 0. The highest BCUT2D eigenvalue weighted by Crippen LogP contribution is 2.22. The van der Waals surface area contributed by atoms with Crippen molar-refractivity contribution in [3.05, 3.63) is 58.9 Å². The highest BCUT2D eigenvalue weighted by Gasteiger charge is 2.10. The van der Waals surface area contributed by atoms with E-state index < -0.39 is 11.6 Å². The van der Waals surface area contributed by atoms with E-state index in [1.165, 1.54) is 24.4 Å². The van der Waals surface area contributed by atoms with Crippen molar-refractivity contribution in [2.24, 2.45) is 0 Å². The van der Waals surface area contributed by atoms with Crippen LogP contribution in [0, 0.1) is 11.6 Å². The van der Waals surface area contributed by atoms with Gasteiger partial charge in [-0.05, 0) is 24.3 Å². The van der Waals surface area contributed by atoms with Gasteiger partial charge in [0.15, 0.2) is 10.9 Å². The summed E-state index contributed by atoms with van der Waals surface area (Å²) in [4.78, 5) is 3.79. The number of hydrogen-bond acceptors (Lipinski definition) is 2. The molecule has 0 atom stereocenters. The van der Waals surface area contributed by atoms with Crippen LogP contribution in [0.3, 0.4) is 0 Å². The van der Waals surface area contributed by atoms with Crippen LogP contribution in [0.5, 0.6) is 5.75 Å². The van der Waals surface area contributed by atoms with Crippen LogP contribution in [0.15, 0.2) is 36.5 Å². The quantitative estimate of drug-likeness (QED) is 0.782. The Balaban J connectivity index is 2.16. The van der Waals surface area contributed by atoms with Crippen molar-refractivity contribution in [1.82, 2.24) is 4.98 Å². The molecule has 0 unspecified atom stereocenters. The van der Waals surface area contributed by atoms with E-state index in [1.54, 1.807) is 12.1 Å². The first kappa shape index (κ1) is 11.8. The third-order valence-electron chi connectivity index (χ3n) is 2.16. The first-order valence-electron chi connectivity index (χ1n) is 4.84. The molecule has 0 bridgehead atoms. The Labute approximate surface area is 102 Å². The molecule has 0 radical (unpaired) electrons. The molecule has 0 saturated heterocycles. The number of rotatable bonds is 3. The van der Waals surface area contributed by atoms with E-state index in [0.29, 0.717) is 0 Å².